The molecule has 2 aliphatic rings. The van der Waals surface area contributed by atoms with Crippen molar-refractivity contribution in [1.82, 2.24) is 0 Å². The van der Waals surface area contributed by atoms with Gasteiger partial charge in [0.15, 0.2) is 0 Å². The first-order valence-corrected chi connectivity index (χ1v) is 13.5. The van der Waals surface area contributed by atoms with Gasteiger partial charge in [-0.05, 0) is 83.3 Å². The summed E-state index contributed by atoms with van der Waals surface area (Å²) in [5.41, 5.74) is 7.99. The molecule has 4 rings (SSSR count). The third-order valence-electron chi connectivity index (χ3n) is 7.14. The van der Waals surface area contributed by atoms with Crippen molar-refractivity contribution in [2.75, 3.05) is 13.7 Å². The van der Waals surface area contributed by atoms with Crippen LogP contribution in [0.3, 0.4) is 0 Å². The van der Waals surface area contributed by atoms with E-state index in [9.17, 15) is 0 Å². The number of hydrogen-bond donors (Lipinski definition) is 0. The molecule has 0 N–H and O–H groups in total. The van der Waals surface area contributed by atoms with Crippen LogP contribution in [0.2, 0.25) is 0 Å². The van der Waals surface area contributed by atoms with Gasteiger partial charge in [-0.1, -0.05) is 82.8 Å². The summed E-state index contributed by atoms with van der Waals surface area (Å²) in [4.78, 5) is 10.2. The number of benzene rings is 2. The second-order valence-corrected chi connectivity index (χ2v) is 10.0. The molecule has 2 atom stereocenters. The molecule has 0 bridgehead atoms. The quantitative estimate of drug-likeness (QED) is 0.382. The van der Waals surface area contributed by atoms with Gasteiger partial charge in [-0.15, -0.1) is 0 Å². The smallest absolute Gasteiger partial charge is 0.114 e. The predicted molar refractivity (Wildman–Crippen MR) is 147 cm³/mol. The summed E-state index contributed by atoms with van der Waals surface area (Å²) in [6, 6.07) is 17.7. The van der Waals surface area contributed by atoms with E-state index in [0.717, 1.165) is 25.7 Å². The molecule has 2 saturated carbocycles. The van der Waals surface area contributed by atoms with Crippen LogP contribution in [-0.2, 0) is 22.5 Å². The van der Waals surface area contributed by atoms with Crippen LogP contribution in [0.15, 0.2) is 58.8 Å². The minimum atomic E-state index is 0.575. The first kappa shape index (κ1) is 27.0. The lowest BCUT2D eigenvalue weighted by Gasteiger charge is -2.23. The molecule has 0 aromatic heterocycles. The average molecular weight is 477 g/mol. The minimum Gasteiger partial charge on any atom is -0.399 e. The van der Waals surface area contributed by atoms with E-state index in [1.807, 2.05) is 6.92 Å². The van der Waals surface area contributed by atoms with Gasteiger partial charge in [-0.3, -0.25) is 0 Å². The monoisotopic (exact) mass is 476 g/mol. The molecule has 4 heteroatoms. The molecule has 2 fully saturated rings. The van der Waals surface area contributed by atoms with E-state index in [4.69, 9.17) is 9.68 Å². The van der Waals surface area contributed by atoms with Gasteiger partial charge in [-0.2, -0.15) is 0 Å². The van der Waals surface area contributed by atoms with Crippen LogP contribution >= 0.6 is 0 Å². The van der Waals surface area contributed by atoms with E-state index < -0.39 is 0 Å². The lowest BCUT2D eigenvalue weighted by Crippen LogP contribution is -2.22. The highest BCUT2D eigenvalue weighted by Gasteiger charge is 2.22. The molecule has 2 aromatic rings. The zero-order valence-corrected chi connectivity index (χ0v) is 22.3. The first-order valence-electron chi connectivity index (χ1n) is 13.5. The SMILES string of the molecule is CCO/N=C1\CCCCC1Cc1ccc(C)cc1.CO/N=C1\CCCCC1Cc1ccc(C)cc1. The Kier molecular flexibility index (Phi) is 11.3. The summed E-state index contributed by atoms with van der Waals surface area (Å²) >= 11 is 0. The van der Waals surface area contributed by atoms with Gasteiger partial charge >= 0.3 is 0 Å². The Hall–Kier alpha value is -2.62. The highest BCUT2D eigenvalue weighted by molar-refractivity contribution is 5.87. The Bertz CT molecular complexity index is 931. The molecule has 0 aliphatic heterocycles. The fraction of sp³-hybridized carbons (Fsp3) is 0.548. The maximum atomic E-state index is 5.25. The Morgan fingerprint density at radius 2 is 1.14 bits per heavy atom. The Balaban J connectivity index is 0.000000196. The highest BCUT2D eigenvalue weighted by Crippen LogP contribution is 2.26. The number of hydrogen-bond acceptors (Lipinski definition) is 4. The standard InChI is InChI=1S/C16H23NO.C15H21NO/c1-3-18-17-16-7-5-4-6-15(16)12-14-10-8-13(2)9-11-14;1-12-7-9-13(10-8-12)11-14-5-3-4-6-15(14)16-17-2/h8-11,15H,3-7,12H2,1-2H3;7-10,14H,3-6,11H2,1-2H3/b17-16+;16-15+. The van der Waals surface area contributed by atoms with Crippen molar-refractivity contribution < 1.29 is 9.68 Å². The fourth-order valence-electron chi connectivity index (χ4n) is 5.10. The van der Waals surface area contributed by atoms with Gasteiger partial charge in [0.05, 0.1) is 11.4 Å². The minimum absolute atomic E-state index is 0.575. The molecule has 0 saturated heterocycles. The molecular formula is C31H44N2O2. The van der Waals surface area contributed by atoms with E-state index in [1.54, 1.807) is 7.11 Å². The summed E-state index contributed by atoms with van der Waals surface area (Å²) in [6.07, 6.45) is 12.1. The van der Waals surface area contributed by atoms with Gasteiger partial charge < -0.3 is 9.68 Å². The molecule has 35 heavy (non-hydrogen) atoms. The molecule has 190 valence electrons. The lowest BCUT2D eigenvalue weighted by atomic mass is 9.83. The second kappa shape index (κ2) is 14.7. The van der Waals surface area contributed by atoms with Gasteiger partial charge in [0, 0.05) is 11.8 Å². The van der Waals surface area contributed by atoms with Gasteiger partial charge in [0.2, 0.25) is 0 Å². The summed E-state index contributed by atoms with van der Waals surface area (Å²) in [7, 11) is 1.64. The molecule has 2 aromatic carbocycles. The first-order chi connectivity index (χ1) is 17.1. The van der Waals surface area contributed by atoms with Crippen molar-refractivity contribution in [3.8, 4) is 0 Å². The summed E-state index contributed by atoms with van der Waals surface area (Å²) in [5.74, 6) is 1.15. The second-order valence-electron chi connectivity index (χ2n) is 10.0. The maximum Gasteiger partial charge on any atom is 0.114 e. The topological polar surface area (TPSA) is 43.2 Å². The van der Waals surface area contributed by atoms with Gasteiger partial charge in [-0.25, -0.2) is 0 Å². The van der Waals surface area contributed by atoms with Crippen molar-refractivity contribution in [1.29, 1.82) is 0 Å². The van der Waals surface area contributed by atoms with Crippen LogP contribution in [-0.4, -0.2) is 25.1 Å². The number of oxime groups is 2. The van der Waals surface area contributed by atoms with Crippen molar-refractivity contribution in [3.63, 3.8) is 0 Å². The molecule has 0 heterocycles. The van der Waals surface area contributed by atoms with Crippen LogP contribution in [0.1, 0.15) is 80.5 Å². The summed E-state index contributed by atoms with van der Waals surface area (Å²) in [5, 5.41) is 8.51. The van der Waals surface area contributed by atoms with E-state index >= 15 is 0 Å². The van der Waals surface area contributed by atoms with Crippen molar-refractivity contribution in [3.05, 3.63) is 70.8 Å². The summed E-state index contributed by atoms with van der Waals surface area (Å²) < 4.78 is 0. The molecule has 0 radical (unpaired) electrons. The van der Waals surface area contributed by atoms with Crippen molar-refractivity contribution >= 4 is 11.4 Å². The van der Waals surface area contributed by atoms with Crippen molar-refractivity contribution in [2.24, 2.45) is 22.1 Å². The highest BCUT2D eigenvalue weighted by atomic mass is 16.6. The zero-order valence-electron chi connectivity index (χ0n) is 22.3. The summed E-state index contributed by atoms with van der Waals surface area (Å²) in [6.45, 7) is 6.91. The Morgan fingerprint density at radius 3 is 1.57 bits per heavy atom. The molecule has 4 nitrogen and oxygen atoms in total. The van der Waals surface area contributed by atoms with E-state index in [1.165, 1.54) is 72.2 Å². The van der Waals surface area contributed by atoms with Gasteiger partial charge in [0.1, 0.15) is 13.7 Å². The lowest BCUT2D eigenvalue weighted by molar-refractivity contribution is 0.155. The maximum absolute atomic E-state index is 5.25. The molecule has 2 aliphatic carbocycles. The third kappa shape index (κ3) is 9.16. The number of nitrogens with zero attached hydrogens (tertiary/aromatic N) is 2. The zero-order chi connectivity index (χ0) is 24.9. The molecule has 2 unspecified atom stereocenters. The number of aryl methyl sites for hydroxylation is 2. The normalized spacial score (nSPS) is 22.4. The Morgan fingerprint density at radius 1 is 0.686 bits per heavy atom. The van der Waals surface area contributed by atoms with E-state index in [-0.39, 0.29) is 0 Å². The third-order valence-corrected chi connectivity index (χ3v) is 7.14. The van der Waals surface area contributed by atoms with E-state index in [2.05, 4.69) is 72.7 Å². The molecule has 0 amide bonds. The van der Waals surface area contributed by atoms with Crippen LogP contribution in [0.25, 0.3) is 0 Å². The van der Waals surface area contributed by atoms with Gasteiger partial charge in [0.25, 0.3) is 0 Å². The van der Waals surface area contributed by atoms with Crippen molar-refractivity contribution in [2.45, 2.75) is 85.0 Å². The fourth-order valence-corrected chi connectivity index (χ4v) is 5.10. The van der Waals surface area contributed by atoms with Crippen LogP contribution in [0, 0.1) is 25.7 Å². The largest absolute Gasteiger partial charge is 0.399 e. The predicted octanol–water partition coefficient (Wildman–Crippen LogP) is 7.85. The Labute approximate surface area is 212 Å². The van der Waals surface area contributed by atoms with Crippen LogP contribution < -0.4 is 0 Å². The van der Waals surface area contributed by atoms with E-state index in [0.29, 0.717) is 18.4 Å². The number of rotatable bonds is 7. The molecular weight excluding hydrogens is 432 g/mol. The van der Waals surface area contributed by atoms with Crippen LogP contribution in [0.4, 0.5) is 0 Å². The average Bonchev–Trinajstić information content (AvgIpc) is 2.88. The molecule has 0 spiro atoms. The van der Waals surface area contributed by atoms with Crippen LogP contribution in [0.5, 0.6) is 0 Å².